The van der Waals surface area contributed by atoms with E-state index in [-0.39, 0.29) is 11.4 Å². The second-order valence-electron chi connectivity index (χ2n) is 7.53. The molecule has 8 heteroatoms. The molecule has 0 atom stereocenters. The zero-order valence-corrected chi connectivity index (χ0v) is 17.3. The highest BCUT2D eigenvalue weighted by Gasteiger charge is 2.22. The first-order valence-corrected chi connectivity index (χ1v) is 9.99. The van der Waals surface area contributed by atoms with Crippen LogP contribution in [-0.2, 0) is 0 Å². The molecule has 6 nitrogen and oxygen atoms in total. The van der Waals surface area contributed by atoms with Gasteiger partial charge in [-0.15, -0.1) is 0 Å². The van der Waals surface area contributed by atoms with Crippen molar-refractivity contribution in [2.75, 3.05) is 37.5 Å². The molecule has 1 aliphatic heterocycles. The fraction of sp³-hybridized carbons (Fsp3) is 0.364. The maximum Gasteiger partial charge on any atom is 0.227 e. The van der Waals surface area contributed by atoms with E-state index in [1.807, 2.05) is 20.0 Å². The second kappa shape index (κ2) is 8.39. The van der Waals surface area contributed by atoms with Gasteiger partial charge in [-0.05, 0) is 50.6 Å². The lowest BCUT2D eigenvalue weighted by Gasteiger charge is -2.32. The first-order chi connectivity index (χ1) is 14.5. The van der Waals surface area contributed by atoms with Gasteiger partial charge in [-0.1, -0.05) is 6.07 Å². The van der Waals surface area contributed by atoms with E-state index < -0.39 is 11.6 Å². The third-order valence-corrected chi connectivity index (χ3v) is 5.52. The number of fused-ring (bicyclic) bond motifs is 1. The smallest absolute Gasteiger partial charge is 0.227 e. The molecule has 0 spiro atoms. The molecule has 0 aliphatic carbocycles. The van der Waals surface area contributed by atoms with E-state index in [0.29, 0.717) is 28.7 Å². The lowest BCUT2D eigenvalue weighted by Crippen LogP contribution is -2.41. The van der Waals surface area contributed by atoms with Gasteiger partial charge in [0, 0.05) is 30.6 Å². The van der Waals surface area contributed by atoms with Gasteiger partial charge in [-0.3, -0.25) is 0 Å². The van der Waals surface area contributed by atoms with Crippen LogP contribution in [-0.4, -0.2) is 43.3 Å². The molecule has 0 amide bonds. The molecule has 0 radical (unpaired) electrons. The largest absolute Gasteiger partial charge is 0.494 e. The minimum Gasteiger partial charge on any atom is -0.494 e. The number of anilines is 3. The molecule has 1 aliphatic rings. The molecule has 1 aromatic heterocycles. The van der Waals surface area contributed by atoms with Gasteiger partial charge in [0.15, 0.2) is 11.6 Å². The van der Waals surface area contributed by atoms with Crippen LogP contribution < -0.4 is 20.3 Å². The Labute approximate surface area is 174 Å². The second-order valence-corrected chi connectivity index (χ2v) is 7.53. The average molecular weight is 413 g/mol. The number of halogens is 2. The Hall–Kier alpha value is -3.00. The van der Waals surface area contributed by atoms with Gasteiger partial charge >= 0.3 is 0 Å². The predicted molar refractivity (Wildman–Crippen MR) is 115 cm³/mol. The van der Waals surface area contributed by atoms with E-state index in [9.17, 15) is 8.78 Å². The summed E-state index contributed by atoms with van der Waals surface area (Å²) < 4.78 is 34.0. The van der Waals surface area contributed by atoms with Crippen molar-refractivity contribution in [1.29, 1.82) is 0 Å². The minimum atomic E-state index is -0.524. The van der Waals surface area contributed by atoms with Gasteiger partial charge in [-0.25, -0.2) is 13.8 Å². The van der Waals surface area contributed by atoms with E-state index in [1.54, 1.807) is 12.1 Å². The number of benzene rings is 2. The van der Waals surface area contributed by atoms with Gasteiger partial charge in [0.25, 0.3) is 0 Å². The molecule has 2 heterocycles. The topological polar surface area (TPSA) is 62.3 Å². The fourth-order valence-corrected chi connectivity index (χ4v) is 3.73. The van der Waals surface area contributed by atoms with Crippen LogP contribution in [0.3, 0.4) is 0 Å². The number of ether oxygens (including phenoxy) is 1. The van der Waals surface area contributed by atoms with E-state index in [1.165, 1.54) is 19.2 Å². The summed E-state index contributed by atoms with van der Waals surface area (Å²) in [6.07, 6.45) is 1.94. The molecule has 1 saturated heterocycles. The van der Waals surface area contributed by atoms with Gasteiger partial charge in [0.2, 0.25) is 5.95 Å². The monoisotopic (exact) mass is 413 g/mol. The highest BCUT2D eigenvalue weighted by molar-refractivity contribution is 5.93. The number of piperidine rings is 1. The summed E-state index contributed by atoms with van der Waals surface area (Å²) in [5.74, 6) is 0.0695. The summed E-state index contributed by atoms with van der Waals surface area (Å²) in [6.45, 7) is 3.42. The van der Waals surface area contributed by atoms with Crippen molar-refractivity contribution in [3.05, 3.63) is 47.5 Å². The molecule has 30 heavy (non-hydrogen) atoms. The van der Waals surface area contributed by atoms with Crippen LogP contribution in [0.4, 0.5) is 26.2 Å². The molecule has 1 fully saturated rings. The number of aromatic nitrogens is 2. The summed E-state index contributed by atoms with van der Waals surface area (Å²) in [6, 6.07) is 8.24. The highest BCUT2D eigenvalue weighted by Crippen LogP contribution is 2.32. The van der Waals surface area contributed by atoms with Gasteiger partial charge in [0.1, 0.15) is 11.6 Å². The zero-order chi connectivity index (χ0) is 21.3. The number of rotatable bonds is 5. The highest BCUT2D eigenvalue weighted by atomic mass is 19.1. The molecular formula is C22H25F2N5O. The summed E-state index contributed by atoms with van der Waals surface area (Å²) in [5, 5.41) is 6.80. The van der Waals surface area contributed by atoms with Gasteiger partial charge in [-0.2, -0.15) is 4.98 Å². The average Bonchev–Trinajstić information content (AvgIpc) is 2.75. The van der Waals surface area contributed by atoms with Crippen molar-refractivity contribution in [1.82, 2.24) is 15.3 Å². The number of methoxy groups -OCH3 is 1. The maximum absolute atomic E-state index is 14.5. The van der Waals surface area contributed by atoms with Crippen LogP contribution in [0, 0.1) is 18.6 Å². The Bertz CT molecular complexity index is 1070. The van der Waals surface area contributed by atoms with Crippen molar-refractivity contribution in [2.24, 2.45) is 0 Å². The minimum absolute atomic E-state index is 0.105. The Kier molecular flexibility index (Phi) is 5.67. The number of nitrogens with zero attached hydrogens (tertiary/aromatic N) is 3. The molecule has 2 aromatic carbocycles. The van der Waals surface area contributed by atoms with E-state index in [2.05, 4.69) is 25.5 Å². The van der Waals surface area contributed by atoms with Crippen LogP contribution >= 0.6 is 0 Å². The van der Waals surface area contributed by atoms with Crippen LogP contribution in [0.5, 0.6) is 5.75 Å². The maximum atomic E-state index is 14.5. The third kappa shape index (κ3) is 4.00. The molecule has 0 bridgehead atoms. The standard InChI is InChI=1S/C22H25F2N5O/c1-13-4-5-18(16(23)10-13)26-21-15-11-17(24)20(30-3)12-19(15)27-22(28-21)29-8-6-14(25-2)7-9-29/h4-5,10-12,14,25H,6-9H2,1-3H3,(H,26,27,28). The number of nitrogens with one attached hydrogen (secondary N) is 2. The zero-order valence-electron chi connectivity index (χ0n) is 17.3. The van der Waals surface area contributed by atoms with Crippen molar-refractivity contribution >= 4 is 28.4 Å². The Morgan fingerprint density at radius 3 is 2.50 bits per heavy atom. The Balaban J connectivity index is 1.78. The van der Waals surface area contributed by atoms with Crippen LogP contribution in [0.2, 0.25) is 0 Å². The normalized spacial score (nSPS) is 14.9. The number of hydrogen-bond donors (Lipinski definition) is 2. The number of hydrogen-bond acceptors (Lipinski definition) is 6. The SMILES string of the molecule is CNC1CCN(c2nc(Nc3ccc(C)cc3F)c3cc(F)c(OC)cc3n2)CC1. The predicted octanol–water partition coefficient (Wildman–Crippen LogP) is 4.16. The van der Waals surface area contributed by atoms with Crippen molar-refractivity contribution < 1.29 is 13.5 Å². The van der Waals surface area contributed by atoms with Crippen LogP contribution in [0.15, 0.2) is 30.3 Å². The lowest BCUT2D eigenvalue weighted by atomic mass is 10.1. The van der Waals surface area contributed by atoms with E-state index in [0.717, 1.165) is 31.5 Å². The van der Waals surface area contributed by atoms with Gasteiger partial charge in [0.05, 0.1) is 18.3 Å². The van der Waals surface area contributed by atoms with Crippen molar-refractivity contribution in [2.45, 2.75) is 25.8 Å². The van der Waals surface area contributed by atoms with E-state index in [4.69, 9.17) is 4.74 Å². The third-order valence-electron chi connectivity index (χ3n) is 5.52. The molecule has 0 saturated carbocycles. The molecule has 2 N–H and O–H groups in total. The van der Waals surface area contributed by atoms with Crippen LogP contribution in [0.1, 0.15) is 18.4 Å². The quantitative estimate of drug-likeness (QED) is 0.655. The van der Waals surface area contributed by atoms with Gasteiger partial charge < -0.3 is 20.3 Å². The summed E-state index contributed by atoms with van der Waals surface area (Å²) in [5.41, 5.74) is 1.62. The first kappa shape index (κ1) is 20.3. The van der Waals surface area contributed by atoms with E-state index >= 15 is 0 Å². The lowest BCUT2D eigenvalue weighted by molar-refractivity contribution is 0.387. The molecule has 158 valence electrons. The van der Waals surface area contributed by atoms with Crippen molar-refractivity contribution in [3.63, 3.8) is 0 Å². The summed E-state index contributed by atoms with van der Waals surface area (Å²) in [4.78, 5) is 11.4. The molecule has 4 rings (SSSR count). The van der Waals surface area contributed by atoms with Crippen LogP contribution in [0.25, 0.3) is 10.9 Å². The fourth-order valence-electron chi connectivity index (χ4n) is 3.73. The Morgan fingerprint density at radius 1 is 1.07 bits per heavy atom. The molecule has 3 aromatic rings. The summed E-state index contributed by atoms with van der Waals surface area (Å²) >= 11 is 0. The van der Waals surface area contributed by atoms with Crippen molar-refractivity contribution in [3.8, 4) is 5.75 Å². The first-order valence-electron chi connectivity index (χ1n) is 9.99. The molecule has 0 unspecified atom stereocenters. The number of aryl methyl sites for hydroxylation is 1. The Morgan fingerprint density at radius 2 is 1.83 bits per heavy atom. The summed E-state index contributed by atoms with van der Waals surface area (Å²) in [7, 11) is 3.38. The molecular weight excluding hydrogens is 388 g/mol.